The van der Waals surface area contributed by atoms with Crippen LogP contribution in [0.25, 0.3) is 0 Å². The molecule has 0 unspecified atom stereocenters. The summed E-state index contributed by atoms with van der Waals surface area (Å²) < 4.78 is 50.0. The number of anilines is 1. The zero-order chi connectivity index (χ0) is 17.7. The number of nitrogens with zero attached hydrogens (tertiary/aromatic N) is 1. The number of thiophene rings is 1. The summed E-state index contributed by atoms with van der Waals surface area (Å²) in [5.74, 6) is -3.03. The average Bonchev–Trinajstić information content (AvgIpc) is 3.03. The molecule has 130 valence electrons. The highest BCUT2D eigenvalue weighted by Gasteiger charge is 2.23. The van der Waals surface area contributed by atoms with Crippen molar-refractivity contribution in [3.8, 4) is 0 Å². The molecule has 0 radical (unpaired) electrons. The minimum Gasteiger partial charge on any atom is -0.325 e. The van der Waals surface area contributed by atoms with Gasteiger partial charge in [0.15, 0.2) is 0 Å². The molecule has 2 rings (SSSR count). The van der Waals surface area contributed by atoms with E-state index in [4.69, 9.17) is 0 Å². The smallest absolute Gasteiger partial charge is 0.288 e. The maximum atomic E-state index is 12.2. The van der Waals surface area contributed by atoms with E-state index < -0.39 is 21.7 Å². The first-order chi connectivity index (χ1) is 11.3. The Morgan fingerprint density at radius 2 is 1.96 bits per heavy atom. The van der Waals surface area contributed by atoms with Crippen LogP contribution >= 0.6 is 23.1 Å². The molecule has 0 saturated heterocycles. The zero-order valence-electron chi connectivity index (χ0n) is 12.5. The summed E-state index contributed by atoms with van der Waals surface area (Å²) in [6.07, 6.45) is 0. The lowest BCUT2D eigenvalue weighted by molar-refractivity contribution is -0.116. The number of sulfonamides is 1. The molecule has 1 amide bonds. The second kappa shape index (κ2) is 8.06. The highest BCUT2D eigenvalue weighted by Crippen LogP contribution is 2.26. The van der Waals surface area contributed by atoms with E-state index in [1.54, 1.807) is 11.4 Å². The van der Waals surface area contributed by atoms with Gasteiger partial charge < -0.3 is 5.32 Å². The molecule has 0 aliphatic heterocycles. The van der Waals surface area contributed by atoms with E-state index in [0.717, 1.165) is 15.6 Å². The molecule has 1 heterocycles. The van der Waals surface area contributed by atoms with Gasteiger partial charge in [0.25, 0.3) is 15.8 Å². The second-order valence-electron chi connectivity index (χ2n) is 4.64. The molecule has 0 fully saturated rings. The van der Waals surface area contributed by atoms with Crippen molar-refractivity contribution in [2.45, 2.75) is 14.9 Å². The molecule has 0 atom stereocenters. The fourth-order valence-corrected chi connectivity index (χ4v) is 4.60. The number of alkyl halides is 2. The molecule has 0 spiro atoms. The van der Waals surface area contributed by atoms with Crippen LogP contribution in [0.2, 0.25) is 0 Å². The molecule has 1 aromatic carbocycles. The zero-order valence-corrected chi connectivity index (χ0v) is 14.9. The van der Waals surface area contributed by atoms with E-state index in [2.05, 4.69) is 5.32 Å². The number of nitrogens with one attached hydrogen (secondary N) is 1. The average molecular weight is 392 g/mol. The monoisotopic (exact) mass is 392 g/mol. The Morgan fingerprint density at radius 1 is 1.29 bits per heavy atom. The molecule has 2 aromatic rings. The minimum absolute atomic E-state index is 0.158. The Labute approximate surface area is 146 Å². The highest BCUT2D eigenvalue weighted by atomic mass is 32.2. The molecular formula is C14H14F2N2O3S3. The van der Waals surface area contributed by atoms with Crippen molar-refractivity contribution < 1.29 is 22.0 Å². The summed E-state index contributed by atoms with van der Waals surface area (Å²) in [5, 5.41) is 4.17. The lowest BCUT2D eigenvalue weighted by Crippen LogP contribution is -2.34. The molecule has 0 saturated carbocycles. The van der Waals surface area contributed by atoms with Gasteiger partial charge in [0.2, 0.25) is 5.91 Å². The summed E-state index contributed by atoms with van der Waals surface area (Å²) >= 11 is 1.48. The van der Waals surface area contributed by atoms with E-state index in [1.165, 1.54) is 37.4 Å². The van der Waals surface area contributed by atoms with Crippen LogP contribution in [0.1, 0.15) is 0 Å². The fraction of sp³-hybridized carbons (Fsp3) is 0.214. The minimum atomic E-state index is -3.70. The Morgan fingerprint density at radius 3 is 2.50 bits per heavy atom. The van der Waals surface area contributed by atoms with Crippen molar-refractivity contribution in [2.75, 3.05) is 18.9 Å². The first kappa shape index (κ1) is 18.8. The van der Waals surface area contributed by atoms with Crippen LogP contribution in [0, 0.1) is 0 Å². The first-order valence-electron chi connectivity index (χ1n) is 6.63. The number of carbonyl (C=O) groups excluding carboxylic acids is 1. The van der Waals surface area contributed by atoms with E-state index in [9.17, 15) is 22.0 Å². The fourth-order valence-electron chi connectivity index (χ4n) is 1.77. The van der Waals surface area contributed by atoms with Crippen molar-refractivity contribution >= 4 is 44.7 Å². The van der Waals surface area contributed by atoms with Crippen LogP contribution in [0.3, 0.4) is 0 Å². The summed E-state index contributed by atoms with van der Waals surface area (Å²) in [7, 11) is -2.38. The Balaban J connectivity index is 1.95. The van der Waals surface area contributed by atoms with E-state index in [-0.39, 0.29) is 10.8 Å². The molecule has 5 nitrogen and oxygen atoms in total. The molecule has 24 heavy (non-hydrogen) atoms. The van der Waals surface area contributed by atoms with Crippen LogP contribution in [0.4, 0.5) is 14.5 Å². The Kier molecular flexibility index (Phi) is 6.33. The number of likely N-dealkylation sites (N-methyl/N-ethyl adjacent to an activating group) is 1. The molecule has 10 heteroatoms. The van der Waals surface area contributed by atoms with Gasteiger partial charge in [-0.15, -0.1) is 11.3 Å². The normalized spacial score (nSPS) is 11.9. The summed E-state index contributed by atoms with van der Waals surface area (Å²) in [4.78, 5) is 12.3. The van der Waals surface area contributed by atoms with Crippen LogP contribution in [-0.4, -0.2) is 38.0 Å². The number of hydrogen-bond acceptors (Lipinski definition) is 5. The lowest BCUT2D eigenvalue weighted by Gasteiger charge is -2.15. The van der Waals surface area contributed by atoms with Gasteiger partial charge in [-0.1, -0.05) is 17.8 Å². The first-order valence-corrected chi connectivity index (χ1v) is 9.83. The summed E-state index contributed by atoms with van der Waals surface area (Å²) in [6, 6.07) is 8.96. The van der Waals surface area contributed by atoms with Gasteiger partial charge in [-0.25, -0.2) is 8.42 Å². The molecule has 1 N–H and O–H groups in total. The van der Waals surface area contributed by atoms with Crippen LogP contribution in [-0.2, 0) is 14.8 Å². The van der Waals surface area contributed by atoms with Crippen molar-refractivity contribution in [1.82, 2.24) is 4.31 Å². The topological polar surface area (TPSA) is 66.5 Å². The van der Waals surface area contributed by atoms with E-state index in [1.807, 2.05) is 0 Å². The van der Waals surface area contributed by atoms with Gasteiger partial charge in [0, 0.05) is 17.6 Å². The van der Waals surface area contributed by atoms with Crippen molar-refractivity contribution in [3.05, 3.63) is 41.8 Å². The molecular weight excluding hydrogens is 378 g/mol. The molecule has 0 aliphatic rings. The maximum Gasteiger partial charge on any atom is 0.288 e. The number of amides is 1. The van der Waals surface area contributed by atoms with Gasteiger partial charge in [0.05, 0.1) is 6.54 Å². The number of carbonyl (C=O) groups is 1. The van der Waals surface area contributed by atoms with Crippen molar-refractivity contribution in [3.63, 3.8) is 0 Å². The van der Waals surface area contributed by atoms with Crippen molar-refractivity contribution in [2.24, 2.45) is 0 Å². The molecule has 1 aromatic heterocycles. The van der Waals surface area contributed by atoms with E-state index in [0.29, 0.717) is 22.3 Å². The predicted molar refractivity (Wildman–Crippen MR) is 91.1 cm³/mol. The molecule has 0 aliphatic carbocycles. The van der Waals surface area contributed by atoms with E-state index >= 15 is 0 Å². The van der Waals surface area contributed by atoms with Crippen LogP contribution < -0.4 is 5.32 Å². The number of thioether (sulfide) groups is 1. The molecule has 0 bridgehead atoms. The number of hydrogen-bond donors (Lipinski definition) is 1. The van der Waals surface area contributed by atoms with Gasteiger partial charge in [-0.2, -0.15) is 13.1 Å². The third-order valence-electron chi connectivity index (χ3n) is 2.89. The Bertz CT molecular complexity index is 778. The van der Waals surface area contributed by atoms with Crippen LogP contribution in [0.15, 0.2) is 50.9 Å². The number of halogens is 2. The summed E-state index contributed by atoms with van der Waals surface area (Å²) in [5.41, 5.74) is 0.403. The van der Waals surface area contributed by atoms with Gasteiger partial charge in [0.1, 0.15) is 4.21 Å². The maximum absolute atomic E-state index is 12.2. The lowest BCUT2D eigenvalue weighted by atomic mass is 10.3. The third-order valence-corrected chi connectivity index (χ3v) is 6.79. The van der Waals surface area contributed by atoms with Gasteiger partial charge in [-0.3, -0.25) is 4.79 Å². The third kappa shape index (κ3) is 5.00. The second-order valence-corrected chi connectivity index (χ2v) is 8.93. The highest BCUT2D eigenvalue weighted by molar-refractivity contribution is 7.99. The van der Waals surface area contributed by atoms with Crippen LogP contribution in [0.5, 0.6) is 0 Å². The largest absolute Gasteiger partial charge is 0.325 e. The SMILES string of the molecule is CN(CC(=O)Nc1ccc(SC(F)F)cc1)S(=O)(=O)c1cccs1. The number of rotatable bonds is 7. The number of benzene rings is 1. The Hall–Kier alpha value is -1.49. The van der Waals surface area contributed by atoms with Gasteiger partial charge >= 0.3 is 0 Å². The quantitative estimate of drug-likeness (QED) is 0.734. The summed E-state index contributed by atoms with van der Waals surface area (Å²) in [6.45, 7) is -0.353. The van der Waals surface area contributed by atoms with Gasteiger partial charge in [-0.05, 0) is 35.7 Å². The van der Waals surface area contributed by atoms with Crippen molar-refractivity contribution in [1.29, 1.82) is 0 Å². The standard InChI is InChI=1S/C14H14F2N2O3S3/c1-18(24(20,21)13-3-2-8-22-13)9-12(19)17-10-4-6-11(7-5-10)23-14(15)16/h2-8,14H,9H2,1H3,(H,17,19). The predicted octanol–water partition coefficient (Wildman–Crippen LogP) is 3.32.